The lowest BCUT2D eigenvalue weighted by molar-refractivity contribution is -0.121. The molecule has 1 aromatic heterocycles. The van der Waals surface area contributed by atoms with Gasteiger partial charge in [0.05, 0.1) is 6.20 Å². The van der Waals surface area contributed by atoms with E-state index in [4.69, 9.17) is 0 Å². The third kappa shape index (κ3) is 3.31. The van der Waals surface area contributed by atoms with Gasteiger partial charge in [0.2, 0.25) is 5.91 Å². The molecule has 8 nitrogen and oxygen atoms in total. The molecule has 1 N–H and O–H groups in total. The van der Waals surface area contributed by atoms with E-state index < -0.39 is 16.3 Å². The third-order valence-corrected chi connectivity index (χ3v) is 5.52. The summed E-state index contributed by atoms with van der Waals surface area (Å²) >= 11 is 0. The maximum Gasteiger partial charge on any atom is 0.279 e. The van der Waals surface area contributed by atoms with Gasteiger partial charge in [-0.3, -0.25) is 9.69 Å². The molecule has 0 radical (unpaired) electrons. The fourth-order valence-corrected chi connectivity index (χ4v) is 3.55. The van der Waals surface area contributed by atoms with Crippen LogP contribution in [0.25, 0.3) is 0 Å². The van der Waals surface area contributed by atoms with Crippen molar-refractivity contribution in [1.82, 2.24) is 18.8 Å². The zero-order valence-corrected chi connectivity index (χ0v) is 14.0. The van der Waals surface area contributed by atoms with Crippen molar-refractivity contribution in [2.75, 3.05) is 25.0 Å². The predicted octanol–water partition coefficient (Wildman–Crippen LogP) is 0.185. The van der Waals surface area contributed by atoms with Crippen LogP contribution in [0.15, 0.2) is 12.3 Å². The van der Waals surface area contributed by atoms with E-state index in [2.05, 4.69) is 9.82 Å². The summed E-state index contributed by atoms with van der Waals surface area (Å²) in [5.74, 6) is 0.481. The van der Waals surface area contributed by atoms with E-state index in [1.54, 1.807) is 28.8 Å². The molecule has 9 heteroatoms. The van der Waals surface area contributed by atoms with Gasteiger partial charge in [0.25, 0.3) is 10.2 Å². The van der Waals surface area contributed by atoms with Crippen molar-refractivity contribution in [2.24, 2.45) is 0 Å². The highest BCUT2D eigenvalue weighted by Crippen LogP contribution is 2.21. The van der Waals surface area contributed by atoms with E-state index in [-0.39, 0.29) is 5.91 Å². The molecule has 1 fully saturated rings. The molecule has 0 aromatic carbocycles. The molecule has 124 valence electrons. The number of amides is 1. The number of nitrogens with one attached hydrogen (secondary N) is 1. The summed E-state index contributed by atoms with van der Waals surface area (Å²) in [6.07, 6.45) is 2.89. The lowest BCUT2D eigenvalue weighted by Gasteiger charge is -2.33. The highest BCUT2D eigenvalue weighted by atomic mass is 32.2. The standard InChI is InChI=1S/C13H23N5O3S/c1-4-16(3)22(20,21)15-11-7-6-10-17(13(11)19)12-8-9-14-18(12)5-2/h8-9,11,15H,4-7,10H2,1-3H3/t11-/m1/s1. The van der Waals surface area contributed by atoms with Gasteiger partial charge in [0, 0.05) is 32.7 Å². The summed E-state index contributed by atoms with van der Waals surface area (Å²) in [4.78, 5) is 14.2. The largest absolute Gasteiger partial charge is 0.296 e. The van der Waals surface area contributed by atoms with Crippen LogP contribution in [-0.4, -0.2) is 54.6 Å². The Hall–Kier alpha value is -1.45. The van der Waals surface area contributed by atoms with Crippen molar-refractivity contribution >= 4 is 21.9 Å². The number of carbonyl (C=O) groups excluding carboxylic acids is 1. The van der Waals surface area contributed by atoms with Gasteiger partial charge in [0.15, 0.2) is 0 Å². The molecule has 1 aromatic rings. The zero-order valence-electron chi connectivity index (χ0n) is 13.2. The second-order valence-corrected chi connectivity index (χ2v) is 7.04. The van der Waals surface area contributed by atoms with Gasteiger partial charge in [-0.15, -0.1) is 0 Å². The van der Waals surface area contributed by atoms with Crippen molar-refractivity contribution in [1.29, 1.82) is 0 Å². The van der Waals surface area contributed by atoms with Crippen LogP contribution in [0, 0.1) is 0 Å². The van der Waals surface area contributed by atoms with Crippen LogP contribution in [-0.2, 0) is 21.5 Å². The van der Waals surface area contributed by atoms with Crippen molar-refractivity contribution < 1.29 is 13.2 Å². The van der Waals surface area contributed by atoms with Crippen LogP contribution in [0.1, 0.15) is 26.7 Å². The molecule has 0 spiro atoms. The number of rotatable bonds is 6. The molecule has 1 saturated heterocycles. The molecule has 0 saturated carbocycles. The summed E-state index contributed by atoms with van der Waals surface area (Å²) in [5.41, 5.74) is 0. The van der Waals surface area contributed by atoms with Crippen LogP contribution < -0.4 is 9.62 Å². The van der Waals surface area contributed by atoms with Crippen molar-refractivity contribution in [3.63, 3.8) is 0 Å². The normalized spacial score (nSPS) is 19.9. The molecule has 0 unspecified atom stereocenters. The van der Waals surface area contributed by atoms with Crippen molar-refractivity contribution in [3.8, 4) is 0 Å². The molecule has 22 heavy (non-hydrogen) atoms. The average molecular weight is 329 g/mol. The summed E-state index contributed by atoms with van der Waals surface area (Å²) in [5, 5.41) is 4.16. The first-order valence-corrected chi connectivity index (χ1v) is 8.91. The number of anilines is 1. The zero-order chi connectivity index (χ0) is 16.3. The van der Waals surface area contributed by atoms with E-state index in [0.29, 0.717) is 31.9 Å². The smallest absolute Gasteiger partial charge is 0.279 e. The number of nitrogens with zero attached hydrogens (tertiary/aromatic N) is 4. The van der Waals surface area contributed by atoms with E-state index in [0.717, 1.165) is 6.42 Å². The summed E-state index contributed by atoms with van der Waals surface area (Å²) in [7, 11) is -2.15. The number of piperidine rings is 1. The Morgan fingerprint density at radius 3 is 2.82 bits per heavy atom. The maximum absolute atomic E-state index is 12.6. The predicted molar refractivity (Wildman–Crippen MR) is 83.6 cm³/mol. The first-order valence-electron chi connectivity index (χ1n) is 7.47. The molecular weight excluding hydrogens is 306 g/mol. The molecule has 1 amide bonds. The number of aryl methyl sites for hydroxylation is 1. The van der Waals surface area contributed by atoms with Crippen LogP contribution in [0.4, 0.5) is 5.82 Å². The van der Waals surface area contributed by atoms with Gasteiger partial charge in [-0.05, 0) is 19.8 Å². The van der Waals surface area contributed by atoms with Crippen LogP contribution in [0.5, 0.6) is 0 Å². The molecule has 0 aliphatic carbocycles. The fourth-order valence-electron chi connectivity index (χ4n) is 2.45. The molecule has 0 bridgehead atoms. The van der Waals surface area contributed by atoms with Gasteiger partial charge in [0.1, 0.15) is 11.9 Å². The number of aromatic nitrogens is 2. The van der Waals surface area contributed by atoms with Crippen molar-refractivity contribution in [2.45, 2.75) is 39.3 Å². The Morgan fingerprint density at radius 1 is 1.45 bits per heavy atom. The number of hydrogen-bond donors (Lipinski definition) is 1. The quantitative estimate of drug-likeness (QED) is 0.807. The maximum atomic E-state index is 12.6. The Morgan fingerprint density at radius 2 is 2.18 bits per heavy atom. The Bertz CT molecular complexity index is 627. The Balaban J connectivity index is 2.17. The Kier molecular flexibility index (Phi) is 5.20. The van der Waals surface area contributed by atoms with Gasteiger partial charge >= 0.3 is 0 Å². The third-order valence-electron chi connectivity index (χ3n) is 3.86. The van der Waals surface area contributed by atoms with Crippen LogP contribution >= 0.6 is 0 Å². The first-order chi connectivity index (χ1) is 10.4. The lowest BCUT2D eigenvalue weighted by Crippen LogP contribution is -2.55. The SMILES string of the molecule is CCN(C)S(=O)(=O)N[C@@H]1CCCN(c2ccnn2CC)C1=O. The van der Waals surface area contributed by atoms with E-state index >= 15 is 0 Å². The topological polar surface area (TPSA) is 87.5 Å². The van der Waals surface area contributed by atoms with Gasteiger partial charge in [-0.25, -0.2) is 4.68 Å². The fraction of sp³-hybridized carbons (Fsp3) is 0.692. The van der Waals surface area contributed by atoms with E-state index in [1.807, 2.05) is 6.92 Å². The molecular formula is C13H23N5O3S. The molecule has 2 heterocycles. The van der Waals surface area contributed by atoms with Gasteiger partial charge < -0.3 is 0 Å². The molecule has 1 aliphatic heterocycles. The minimum atomic E-state index is -3.64. The Labute approximate surface area is 131 Å². The van der Waals surface area contributed by atoms with E-state index in [1.165, 1.54) is 11.4 Å². The average Bonchev–Trinajstić information content (AvgIpc) is 2.96. The number of hydrogen-bond acceptors (Lipinski definition) is 4. The minimum Gasteiger partial charge on any atom is -0.296 e. The van der Waals surface area contributed by atoms with E-state index in [9.17, 15) is 13.2 Å². The monoisotopic (exact) mass is 329 g/mol. The second-order valence-electron chi connectivity index (χ2n) is 5.23. The highest BCUT2D eigenvalue weighted by molar-refractivity contribution is 7.87. The second kappa shape index (κ2) is 6.76. The summed E-state index contributed by atoms with van der Waals surface area (Å²) in [6.45, 7) is 5.27. The summed E-state index contributed by atoms with van der Waals surface area (Å²) < 4.78 is 29.7. The highest BCUT2D eigenvalue weighted by Gasteiger charge is 2.34. The molecule has 1 atom stereocenters. The molecule has 2 rings (SSSR count). The lowest BCUT2D eigenvalue weighted by atomic mass is 10.1. The van der Waals surface area contributed by atoms with Crippen molar-refractivity contribution in [3.05, 3.63) is 12.3 Å². The molecule has 1 aliphatic rings. The summed E-state index contributed by atoms with van der Waals surface area (Å²) in [6, 6.07) is 1.05. The van der Waals surface area contributed by atoms with Crippen LogP contribution in [0.3, 0.4) is 0 Å². The van der Waals surface area contributed by atoms with Crippen LogP contribution in [0.2, 0.25) is 0 Å². The number of carbonyl (C=O) groups is 1. The van der Waals surface area contributed by atoms with Gasteiger partial charge in [-0.1, -0.05) is 6.92 Å². The minimum absolute atomic E-state index is 0.227. The van der Waals surface area contributed by atoms with Gasteiger partial charge in [-0.2, -0.15) is 22.5 Å². The first kappa shape index (κ1) is 16.9.